The second-order valence-corrected chi connectivity index (χ2v) is 10.5. The van der Waals surface area contributed by atoms with Gasteiger partial charge in [0.25, 0.3) is 0 Å². The van der Waals surface area contributed by atoms with Gasteiger partial charge in [-0.25, -0.2) is 15.0 Å². The zero-order chi connectivity index (χ0) is 33.4. The van der Waals surface area contributed by atoms with Gasteiger partial charge in [0, 0.05) is 32.8 Å². The number of hydrogen-bond donors (Lipinski definition) is 0. The molecule has 0 N–H and O–H groups in total. The first-order valence-corrected chi connectivity index (χ1v) is 14.2. The highest BCUT2D eigenvalue weighted by atomic mass is 16.3. The van der Waals surface area contributed by atoms with Gasteiger partial charge in [0.2, 0.25) is 0 Å². The monoisotopic (exact) mass is 569 g/mol. The molecule has 0 spiro atoms. The molecule has 0 unspecified atom stereocenters. The van der Waals surface area contributed by atoms with Crippen LogP contribution in [0.3, 0.4) is 0 Å². The Hall–Kier alpha value is -6.07. The van der Waals surface area contributed by atoms with Crippen molar-refractivity contribution in [2.45, 2.75) is 0 Å². The van der Waals surface area contributed by atoms with Crippen LogP contribution in [0, 0.1) is 0 Å². The number of aromatic nitrogens is 4. The molecule has 206 valence electrons. The summed E-state index contributed by atoms with van der Waals surface area (Å²) < 4.78 is 50.4. The minimum atomic E-state index is -0.480. The summed E-state index contributed by atoms with van der Waals surface area (Å²) in [6.07, 6.45) is 0. The quantitative estimate of drug-likeness (QED) is 0.212. The van der Waals surface area contributed by atoms with E-state index < -0.39 is 18.1 Å². The predicted octanol–water partition coefficient (Wildman–Crippen LogP) is 9.87. The lowest BCUT2D eigenvalue weighted by molar-refractivity contribution is 0.669. The predicted molar refractivity (Wildman–Crippen MR) is 178 cm³/mol. The Morgan fingerprint density at radius 2 is 1.14 bits per heavy atom. The number of hydrogen-bond acceptors (Lipinski definition) is 4. The van der Waals surface area contributed by atoms with E-state index >= 15 is 0 Å². The van der Waals surface area contributed by atoms with Crippen molar-refractivity contribution >= 4 is 43.7 Å². The Morgan fingerprint density at radius 1 is 0.500 bits per heavy atom. The zero-order valence-electron chi connectivity index (χ0n) is 28.2. The smallest absolute Gasteiger partial charge is 0.164 e. The lowest BCUT2D eigenvalue weighted by atomic mass is 10.1. The van der Waals surface area contributed by atoms with Gasteiger partial charge >= 0.3 is 0 Å². The summed E-state index contributed by atoms with van der Waals surface area (Å²) in [7, 11) is 0. The van der Waals surface area contributed by atoms with Crippen molar-refractivity contribution in [2.24, 2.45) is 0 Å². The lowest BCUT2D eigenvalue weighted by Gasteiger charge is -2.10. The Morgan fingerprint density at radius 3 is 1.86 bits per heavy atom. The van der Waals surface area contributed by atoms with Crippen LogP contribution in [0.15, 0.2) is 150 Å². The van der Waals surface area contributed by atoms with Gasteiger partial charge in [-0.05, 0) is 36.4 Å². The summed E-state index contributed by atoms with van der Waals surface area (Å²) >= 11 is 0. The van der Waals surface area contributed by atoms with E-state index in [-0.39, 0.29) is 29.3 Å². The molecule has 0 aliphatic heterocycles. The van der Waals surface area contributed by atoms with Crippen LogP contribution in [0.4, 0.5) is 0 Å². The number of fused-ring (bicyclic) bond motifs is 6. The van der Waals surface area contributed by atoms with E-state index in [0.29, 0.717) is 22.5 Å². The van der Waals surface area contributed by atoms with E-state index in [1.807, 2.05) is 60.7 Å². The minimum absolute atomic E-state index is 0.0146. The highest BCUT2D eigenvalue weighted by Crippen LogP contribution is 2.39. The molecule has 0 amide bonds. The van der Waals surface area contributed by atoms with E-state index in [1.54, 1.807) is 0 Å². The summed E-state index contributed by atoms with van der Waals surface area (Å²) in [6, 6.07) is 35.7. The molecular formula is C39H24N4O. The molecule has 44 heavy (non-hydrogen) atoms. The fourth-order valence-electron chi connectivity index (χ4n) is 6.01. The van der Waals surface area contributed by atoms with E-state index in [2.05, 4.69) is 69.1 Å². The molecule has 5 heteroatoms. The van der Waals surface area contributed by atoms with E-state index in [1.165, 1.54) is 10.8 Å². The van der Waals surface area contributed by atoms with Gasteiger partial charge in [-0.2, -0.15) is 0 Å². The summed E-state index contributed by atoms with van der Waals surface area (Å²) in [5.74, 6) is 0.575. The molecule has 5 nitrogen and oxygen atoms in total. The van der Waals surface area contributed by atoms with Crippen LogP contribution in [-0.2, 0) is 0 Å². The van der Waals surface area contributed by atoms with Crippen molar-refractivity contribution in [3.05, 3.63) is 145 Å². The summed E-state index contributed by atoms with van der Waals surface area (Å²) in [5, 5.41) is 4.23. The lowest BCUT2D eigenvalue weighted by Crippen LogP contribution is -2.00. The van der Waals surface area contributed by atoms with Gasteiger partial charge in [-0.1, -0.05) is 109 Å². The Balaban J connectivity index is 1.27. The first-order chi connectivity index (χ1) is 23.9. The van der Waals surface area contributed by atoms with Gasteiger partial charge in [0.1, 0.15) is 11.2 Å². The molecule has 0 atom stereocenters. The number of furan rings is 1. The highest BCUT2D eigenvalue weighted by Gasteiger charge is 2.19. The van der Waals surface area contributed by atoms with Gasteiger partial charge < -0.3 is 8.98 Å². The van der Waals surface area contributed by atoms with Crippen LogP contribution in [0.2, 0.25) is 0 Å². The van der Waals surface area contributed by atoms with Crippen molar-refractivity contribution in [3.63, 3.8) is 0 Å². The minimum Gasteiger partial charge on any atom is -0.456 e. The van der Waals surface area contributed by atoms with E-state index in [9.17, 15) is 0 Å². The van der Waals surface area contributed by atoms with Crippen LogP contribution in [0.1, 0.15) is 6.85 Å². The van der Waals surface area contributed by atoms with Gasteiger partial charge in [0.05, 0.1) is 29.0 Å². The number of nitrogens with zero attached hydrogens (tertiary/aromatic N) is 4. The Kier molecular flexibility index (Phi) is 4.42. The molecule has 6 aromatic carbocycles. The molecule has 0 aliphatic carbocycles. The van der Waals surface area contributed by atoms with Crippen LogP contribution in [0.25, 0.3) is 83.6 Å². The molecule has 0 saturated carbocycles. The average molecular weight is 570 g/mol. The molecule has 9 aromatic rings. The first kappa shape index (κ1) is 19.9. The summed E-state index contributed by atoms with van der Waals surface area (Å²) in [5.41, 5.74) is 5.78. The highest BCUT2D eigenvalue weighted by molar-refractivity contribution is 6.14. The molecule has 0 saturated heterocycles. The van der Waals surface area contributed by atoms with Crippen molar-refractivity contribution in [1.82, 2.24) is 19.5 Å². The maximum atomic E-state index is 8.58. The third kappa shape index (κ3) is 3.83. The maximum Gasteiger partial charge on any atom is 0.164 e. The topological polar surface area (TPSA) is 56.7 Å². The summed E-state index contributed by atoms with van der Waals surface area (Å²) in [6.45, 7) is 0. The molecule has 0 aliphatic rings. The SMILES string of the molecule is [2H]c1c([2H])c([2H])c(-c2nc(-c3ccccc3)nc(-c3ccc4c(c3)oc3cccc(-n5c6ccccc6c6ccccc65)c34)n2)c([2H])c1[2H]. The molecule has 0 fully saturated rings. The van der Waals surface area contributed by atoms with Crippen molar-refractivity contribution < 1.29 is 11.3 Å². The second kappa shape index (κ2) is 9.75. The standard InChI is InChI=1S/C39H24N4O/c1-3-12-25(13-4-1)37-40-38(26-14-5-2-6-15-26)42-39(41-37)27-22-23-30-35(24-27)44-34-21-11-20-33(36(30)34)43-31-18-9-7-16-28(31)29-17-8-10-19-32(29)43/h1-24H/i1D,3D,4D,12D,13D. The third-order valence-electron chi connectivity index (χ3n) is 7.95. The zero-order valence-corrected chi connectivity index (χ0v) is 23.2. The van der Waals surface area contributed by atoms with Gasteiger partial charge in [0.15, 0.2) is 17.5 Å². The van der Waals surface area contributed by atoms with Crippen molar-refractivity contribution in [2.75, 3.05) is 0 Å². The Labute approximate surface area is 259 Å². The van der Waals surface area contributed by atoms with Gasteiger partial charge in [-0.15, -0.1) is 0 Å². The molecule has 3 heterocycles. The number of benzene rings is 6. The number of rotatable bonds is 4. The third-order valence-corrected chi connectivity index (χ3v) is 7.95. The maximum absolute atomic E-state index is 8.58. The van der Waals surface area contributed by atoms with Crippen molar-refractivity contribution in [3.8, 4) is 39.9 Å². The molecule has 0 radical (unpaired) electrons. The second-order valence-electron chi connectivity index (χ2n) is 10.5. The molecule has 3 aromatic heterocycles. The first-order valence-electron chi connectivity index (χ1n) is 16.7. The largest absolute Gasteiger partial charge is 0.456 e. The fraction of sp³-hybridized carbons (Fsp3) is 0. The normalized spacial score (nSPS) is 13.2. The summed E-state index contributed by atoms with van der Waals surface area (Å²) in [4.78, 5) is 14.1. The molecular weight excluding hydrogens is 540 g/mol. The van der Waals surface area contributed by atoms with Crippen molar-refractivity contribution in [1.29, 1.82) is 0 Å². The van der Waals surface area contributed by atoms with Crippen LogP contribution in [-0.4, -0.2) is 19.5 Å². The van der Waals surface area contributed by atoms with Gasteiger partial charge in [-0.3, -0.25) is 0 Å². The van der Waals surface area contributed by atoms with Crippen LogP contribution < -0.4 is 0 Å². The van der Waals surface area contributed by atoms with E-state index in [4.69, 9.17) is 16.3 Å². The van der Waals surface area contributed by atoms with Crippen LogP contribution >= 0.6 is 0 Å². The van der Waals surface area contributed by atoms with Crippen LogP contribution in [0.5, 0.6) is 0 Å². The average Bonchev–Trinajstić information content (AvgIpc) is 3.69. The van der Waals surface area contributed by atoms with E-state index in [0.717, 1.165) is 33.1 Å². The fourth-order valence-corrected chi connectivity index (χ4v) is 6.01. The Bertz CT molecular complexity index is 2710. The number of para-hydroxylation sites is 2. The molecule has 9 rings (SSSR count). The molecule has 0 bridgehead atoms.